The highest BCUT2D eigenvalue weighted by Crippen LogP contribution is 2.31. The van der Waals surface area contributed by atoms with Gasteiger partial charge in [-0.25, -0.2) is 4.98 Å². The summed E-state index contributed by atoms with van der Waals surface area (Å²) in [6, 6.07) is 16.0. The summed E-state index contributed by atoms with van der Waals surface area (Å²) >= 11 is 4.97. The summed E-state index contributed by atoms with van der Waals surface area (Å²) in [7, 11) is 1.93. The van der Waals surface area contributed by atoms with E-state index < -0.39 is 0 Å². The number of para-hydroxylation sites is 2. The lowest BCUT2D eigenvalue weighted by Gasteiger charge is -2.10. The predicted octanol–water partition coefficient (Wildman–Crippen LogP) is 4.61. The molecule has 2 aromatic carbocycles. The number of anilines is 2. The maximum absolute atomic E-state index is 4.59. The van der Waals surface area contributed by atoms with Crippen LogP contribution in [0.25, 0.3) is 21.6 Å². The van der Waals surface area contributed by atoms with Gasteiger partial charge in [0.25, 0.3) is 0 Å². The lowest BCUT2D eigenvalue weighted by atomic mass is 10.2. The standard InChI is InChI=1S/C16H12BrN5S/c1-22(15-18-12-4-2-3-5-13(12)19-15)16-21-20-14(23-16)10-6-8-11(17)9-7-10/h2-9H,1H3,(H,18,19). The lowest BCUT2D eigenvalue weighted by molar-refractivity contribution is 1.02. The molecule has 0 fully saturated rings. The third-order valence-electron chi connectivity index (χ3n) is 3.49. The van der Waals surface area contributed by atoms with Crippen molar-refractivity contribution in [1.29, 1.82) is 0 Å². The van der Waals surface area contributed by atoms with Crippen LogP contribution < -0.4 is 4.90 Å². The van der Waals surface area contributed by atoms with Crippen molar-refractivity contribution in [2.24, 2.45) is 0 Å². The van der Waals surface area contributed by atoms with Gasteiger partial charge < -0.3 is 4.98 Å². The van der Waals surface area contributed by atoms with Crippen LogP contribution in [0.5, 0.6) is 0 Å². The Morgan fingerprint density at radius 3 is 2.61 bits per heavy atom. The van der Waals surface area contributed by atoms with Gasteiger partial charge in [-0.1, -0.05) is 51.5 Å². The summed E-state index contributed by atoms with van der Waals surface area (Å²) in [5.41, 5.74) is 2.99. The Balaban J connectivity index is 1.66. The van der Waals surface area contributed by atoms with E-state index in [1.54, 1.807) is 0 Å². The molecule has 7 heteroatoms. The van der Waals surface area contributed by atoms with E-state index in [-0.39, 0.29) is 0 Å². The van der Waals surface area contributed by atoms with Crippen molar-refractivity contribution in [1.82, 2.24) is 20.2 Å². The van der Waals surface area contributed by atoms with Gasteiger partial charge in [0.05, 0.1) is 11.0 Å². The fourth-order valence-corrected chi connectivity index (χ4v) is 3.33. The maximum Gasteiger partial charge on any atom is 0.215 e. The van der Waals surface area contributed by atoms with Crippen molar-refractivity contribution in [3.05, 3.63) is 53.0 Å². The van der Waals surface area contributed by atoms with Crippen molar-refractivity contribution >= 4 is 49.4 Å². The van der Waals surface area contributed by atoms with Crippen molar-refractivity contribution < 1.29 is 0 Å². The predicted molar refractivity (Wildman–Crippen MR) is 97.2 cm³/mol. The Morgan fingerprint density at radius 2 is 1.83 bits per heavy atom. The Morgan fingerprint density at radius 1 is 1.04 bits per heavy atom. The van der Waals surface area contributed by atoms with E-state index in [0.29, 0.717) is 0 Å². The molecule has 0 unspecified atom stereocenters. The minimum Gasteiger partial charge on any atom is -0.324 e. The minimum atomic E-state index is 0.754. The molecule has 0 saturated carbocycles. The third-order valence-corrected chi connectivity index (χ3v) is 5.06. The van der Waals surface area contributed by atoms with Crippen LogP contribution in [0.3, 0.4) is 0 Å². The van der Waals surface area contributed by atoms with Crippen LogP contribution in [0.15, 0.2) is 53.0 Å². The second-order valence-corrected chi connectivity index (χ2v) is 6.90. The van der Waals surface area contributed by atoms with E-state index in [1.807, 2.05) is 60.5 Å². The summed E-state index contributed by atoms with van der Waals surface area (Å²) in [5, 5.41) is 10.2. The number of imidazole rings is 1. The molecule has 1 N–H and O–H groups in total. The molecule has 2 heterocycles. The van der Waals surface area contributed by atoms with Crippen LogP contribution in [0.2, 0.25) is 0 Å². The number of fused-ring (bicyclic) bond motifs is 1. The van der Waals surface area contributed by atoms with Crippen LogP contribution in [0.1, 0.15) is 0 Å². The Kier molecular flexibility index (Phi) is 3.59. The number of hydrogen-bond donors (Lipinski definition) is 1. The van der Waals surface area contributed by atoms with Gasteiger partial charge in [-0.05, 0) is 24.3 Å². The molecule has 2 aromatic heterocycles. The fourth-order valence-electron chi connectivity index (χ4n) is 2.25. The molecule has 4 aromatic rings. The molecule has 0 radical (unpaired) electrons. The van der Waals surface area contributed by atoms with E-state index in [0.717, 1.165) is 37.2 Å². The number of rotatable bonds is 3. The highest BCUT2D eigenvalue weighted by atomic mass is 79.9. The number of hydrogen-bond acceptors (Lipinski definition) is 5. The van der Waals surface area contributed by atoms with Gasteiger partial charge >= 0.3 is 0 Å². The molecular formula is C16H12BrN5S. The van der Waals surface area contributed by atoms with Crippen molar-refractivity contribution in [3.63, 3.8) is 0 Å². The van der Waals surface area contributed by atoms with Gasteiger partial charge in [-0.15, -0.1) is 10.2 Å². The van der Waals surface area contributed by atoms with Gasteiger partial charge in [-0.2, -0.15) is 0 Å². The SMILES string of the molecule is CN(c1nc2ccccc2[nH]1)c1nnc(-c2ccc(Br)cc2)s1. The van der Waals surface area contributed by atoms with Crippen LogP contribution in [-0.2, 0) is 0 Å². The molecular weight excluding hydrogens is 374 g/mol. The van der Waals surface area contributed by atoms with Crippen LogP contribution in [0, 0.1) is 0 Å². The summed E-state index contributed by atoms with van der Waals surface area (Å²) in [6.07, 6.45) is 0. The summed E-state index contributed by atoms with van der Waals surface area (Å²) in [6.45, 7) is 0. The Labute approximate surface area is 145 Å². The molecule has 23 heavy (non-hydrogen) atoms. The van der Waals surface area contributed by atoms with Crippen LogP contribution in [0.4, 0.5) is 11.1 Å². The van der Waals surface area contributed by atoms with Gasteiger partial charge in [-0.3, -0.25) is 4.90 Å². The first-order valence-corrected chi connectivity index (χ1v) is 8.59. The average molecular weight is 386 g/mol. The fraction of sp³-hybridized carbons (Fsp3) is 0.0625. The molecule has 0 aliphatic carbocycles. The van der Waals surface area contributed by atoms with Crippen molar-refractivity contribution in [2.75, 3.05) is 11.9 Å². The van der Waals surface area contributed by atoms with E-state index in [1.165, 1.54) is 11.3 Å². The average Bonchev–Trinajstić information content (AvgIpc) is 3.22. The molecule has 114 valence electrons. The van der Waals surface area contributed by atoms with E-state index >= 15 is 0 Å². The topological polar surface area (TPSA) is 57.7 Å². The molecule has 0 saturated heterocycles. The normalized spacial score (nSPS) is 11.0. The second kappa shape index (κ2) is 5.75. The first-order valence-electron chi connectivity index (χ1n) is 6.98. The molecule has 4 rings (SSSR count). The first kappa shape index (κ1) is 14.3. The number of H-pyrrole nitrogens is 1. The van der Waals surface area contributed by atoms with Crippen LogP contribution in [-0.4, -0.2) is 27.2 Å². The van der Waals surface area contributed by atoms with E-state index in [2.05, 4.69) is 36.1 Å². The number of benzene rings is 2. The monoisotopic (exact) mass is 385 g/mol. The summed E-state index contributed by atoms with van der Waals surface area (Å²) in [5.74, 6) is 0.754. The van der Waals surface area contributed by atoms with Gasteiger partial charge in [0.2, 0.25) is 11.1 Å². The first-order chi connectivity index (χ1) is 11.2. The van der Waals surface area contributed by atoms with Gasteiger partial charge in [0, 0.05) is 17.1 Å². The van der Waals surface area contributed by atoms with Crippen LogP contribution >= 0.6 is 27.3 Å². The molecule has 0 aliphatic heterocycles. The largest absolute Gasteiger partial charge is 0.324 e. The zero-order chi connectivity index (χ0) is 15.8. The minimum absolute atomic E-state index is 0.754. The molecule has 0 bridgehead atoms. The Hall–Kier alpha value is -2.25. The highest BCUT2D eigenvalue weighted by molar-refractivity contribution is 9.10. The number of nitrogens with zero attached hydrogens (tertiary/aromatic N) is 4. The molecule has 0 amide bonds. The molecule has 0 spiro atoms. The number of aromatic amines is 1. The maximum atomic E-state index is 4.59. The zero-order valence-electron chi connectivity index (χ0n) is 12.2. The van der Waals surface area contributed by atoms with E-state index in [4.69, 9.17) is 0 Å². The van der Waals surface area contributed by atoms with E-state index in [9.17, 15) is 0 Å². The molecule has 0 atom stereocenters. The smallest absolute Gasteiger partial charge is 0.215 e. The summed E-state index contributed by atoms with van der Waals surface area (Å²) < 4.78 is 1.05. The van der Waals surface area contributed by atoms with Crippen molar-refractivity contribution in [3.8, 4) is 10.6 Å². The zero-order valence-corrected chi connectivity index (χ0v) is 14.6. The highest BCUT2D eigenvalue weighted by Gasteiger charge is 2.14. The lowest BCUT2D eigenvalue weighted by Crippen LogP contribution is -2.10. The second-order valence-electron chi connectivity index (χ2n) is 5.03. The number of nitrogens with one attached hydrogen (secondary N) is 1. The summed E-state index contributed by atoms with van der Waals surface area (Å²) in [4.78, 5) is 9.80. The number of halogens is 1. The van der Waals surface area contributed by atoms with Gasteiger partial charge in [0.1, 0.15) is 5.01 Å². The van der Waals surface area contributed by atoms with Gasteiger partial charge in [0.15, 0.2) is 0 Å². The molecule has 0 aliphatic rings. The number of aromatic nitrogens is 4. The quantitative estimate of drug-likeness (QED) is 0.559. The Bertz CT molecular complexity index is 927. The third kappa shape index (κ3) is 2.73. The van der Waals surface area contributed by atoms with Crippen molar-refractivity contribution in [2.45, 2.75) is 0 Å². The molecule has 5 nitrogen and oxygen atoms in total.